The number of halogens is 3. The molecule has 66 heavy (non-hydrogen) atoms. The van der Waals surface area contributed by atoms with Crippen LogP contribution in [0.4, 0.5) is 18.0 Å². The number of aromatic nitrogens is 2. The largest absolute Gasteiger partial charge is 0.497 e. The third-order valence-electron chi connectivity index (χ3n) is 12.6. The van der Waals surface area contributed by atoms with Gasteiger partial charge in [0.15, 0.2) is 0 Å². The minimum Gasteiger partial charge on any atom is -0.497 e. The molecule has 2 aromatic heterocycles. The van der Waals surface area contributed by atoms with E-state index in [1.54, 1.807) is 49.5 Å². The van der Waals surface area contributed by atoms with Crippen molar-refractivity contribution in [3.05, 3.63) is 54.7 Å². The molecule has 3 aromatic rings. The van der Waals surface area contributed by atoms with Gasteiger partial charge in [0.25, 0.3) is 5.91 Å². The van der Waals surface area contributed by atoms with Crippen LogP contribution in [0.5, 0.6) is 17.5 Å². The SMILES string of the molecule is COc1ccc2c(O[C@@H]3C[C@H]4C(=O)N[C@]5(C(=O)NS(=O)(=O)C6CC6)C[C@H]5/C=C\CC[C@@H](C)C[C@@H](C)[C@H](NC(=O)OC(C)(C)C(F)(F)F)C(=O)N4C3)nc(-c3ccc(OC(C)C)nc3)cc2c1. The third-order valence-corrected chi connectivity index (χ3v) is 14.4. The Balaban J connectivity index is 1.26. The fourth-order valence-electron chi connectivity index (χ4n) is 8.51. The van der Waals surface area contributed by atoms with E-state index in [1.807, 2.05) is 32.9 Å². The van der Waals surface area contributed by atoms with Crippen LogP contribution in [-0.2, 0) is 29.1 Å². The number of benzene rings is 1. The van der Waals surface area contributed by atoms with Crippen molar-refractivity contribution in [3.8, 4) is 28.8 Å². The number of ether oxygens (including phenoxy) is 4. The second-order valence-electron chi connectivity index (χ2n) is 18.7. The topological polar surface area (TPSA) is 204 Å². The summed E-state index contributed by atoms with van der Waals surface area (Å²) in [6.07, 6.45) is -0.0337. The van der Waals surface area contributed by atoms with Crippen LogP contribution in [0.25, 0.3) is 22.0 Å². The summed E-state index contributed by atoms with van der Waals surface area (Å²) in [4.78, 5) is 67.4. The number of amides is 4. The van der Waals surface area contributed by atoms with Gasteiger partial charge in [-0.25, -0.2) is 23.2 Å². The Morgan fingerprint density at radius 1 is 1.03 bits per heavy atom. The van der Waals surface area contributed by atoms with Gasteiger partial charge in [-0.3, -0.25) is 19.1 Å². The molecule has 3 fully saturated rings. The predicted octanol–water partition coefficient (Wildman–Crippen LogP) is 6.37. The van der Waals surface area contributed by atoms with Crippen LogP contribution in [0.2, 0.25) is 0 Å². The van der Waals surface area contributed by atoms with Crippen LogP contribution in [0.15, 0.2) is 54.7 Å². The van der Waals surface area contributed by atoms with E-state index in [4.69, 9.17) is 23.9 Å². The highest BCUT2D eigenvalue weighted by Gasteiger charge is 2.62. The molecule has 1 saturated heterocycles. The molecule has 16 nitrogen and oxygen atoms in total. The van der Waals surface area contributed by atoms with Gasteiger partial charge in [-0.15, -0.1) is 0 Å². The molecule has 358 valence electrons. The van der Waals surface area contributed by atoms with E-state index in [2.05, 4.69) is 20.3 Å². The molecule has 2 aliphatic heterocycles. The number of carbonyl (C=O) groups excluding carboxylic acids is 4. The van der Waals surface area contributed by atoms with Crippen molar-refractivity contribution in [1.82, 2.24) is 30.2 Å². The van der Waals surface area contributed by atoms with Crippen molar-refractivity contribution in [1.29, 1.82) is 0 Å². The summed E-state index contributed by atoms with van der Waals surface area (Å²) in [5.74, 6) is -2.70. The lowest BCUT2D eigenvalue weighted by Crippen LogP contribution is -2.59. The van der Waals surface area contributed by atoms with E-state index < -0.39 is 86.4 Å². The second kappa shape index (κ2) is 18.6. The first-order valence-corrected chi connectivity index (χ1v) is 23.7. The zero-order chi connectivity index (χ0) is 47.9. The van der Waals surface area contributed by atoms with Crippen LogP contribution in [-0.4, -0.2) is 108 Å². The Kier molecular flexibility index (Phi) is 13.6. The van der Waals surface area contributed by atoms with Crippen molar-refractivity contribution in [2.45, 2.75) is 133 Å². The van der Waals surface area contributed by atoms with E-state index in [1.165, 1.54) is 12.0 Å². The molecule has 1 aromatic carbocycles. The molecule has 20 heteroatoms. The van der Waals surface area contributed by atoms with Gasteiger partial charge in [0.05, 0.1) is 30.7 Å². The number of hydrogen-bond acceptors (Lipinski definition) is 12. The molecule has 0 unspecified atom stereocenters. The maximum absolute atomic E-state index is 15.0. The molecule has 4 amide bonds. The number of nitrogens with zero attached hydrogens (tertiary/aromatic N) is 3. The Hall–Kier alpha value is -5.66. The fourth-order valence-corrected chi connectivity index (χ4v) is 9.88. The van der Waals surface area contributed by atoms with Crippen LogP contribution in [0.3, 0.4) is 0 Å². The molecule has 3 N–H and O–H groups in total. The number of alkyl carbamates (subject to hydrolysis) is 1. The van der Waals surface area contributed by atoms with Crippen molar-refractivity contribution in [2.75, 3.05) is 13.7 Å². The molecule has 7 atom stereocenters. The highest BCUT2D eigenvalue weighted by Crippen LogP contribution is 2.46. The van der Waals surface area contributed by atoms with Crippen molar-refractivity contribution in [2.24, 2.45) is 17.8 Å². The molecule has 2 saturated carbocycles. The summed E-state index contributed by atoms with van der Waals surface area (Å²) in [5.41, 5.74) is -3.49. The number of nitrogens with one attached hydrogen (secondary N) is 3. The van der Waals surface area contributed by atoms with Gasteiger partial charge in [-0.1, -0.05) is 26.0 Å². The maximum Gasteiger partial charge on any atom is 0.427 e. The number of methoxy groups -OCH3 is 1. The molecule has 7 rings (SSSR count). The number of allylic oxidation sites excluding steroid dienone is 1. The first-order chi connectivity index (χ1) is 31.0. The number of alkyl halides is 3. The number of fused-ring (bicyclic) bond motifs is 3. The number of sulfonamides is 1. The van der Waals surface area contributed by atoms with Gasteiger partial charge < -0.3 is 34.5 Å². The quantitative estimate of drug-likeness (QED) is 0.180. The van der Waals surface area contributed by atoms with Crippen molar-refractivity contribution >= 4 is 44.6 Å². The van der Waals surface area contributed by atoms with Crippen LogP contribution >= 0.6 is 0 Å². The lowest BCUT2D eigenvalue weighted by molar-refractivity contribution is -0.244. The third kappa shape index (κ3) is 10.6. The molecule has 2 aliphatic carbocycles. The van der Waals surface area contributed by atoms with Crippen LogP contribution < -0.4 is 29.6 Å². The van der Waals surface area contributed by atoms with Crippen LogP contribution in [0, 0.1) is 17.8 Å². The highest BCUT2D eigenvalue weighted by atomic mass is 32.2. The Morgan fingerprint density at radius 2 is 1.77 bits per heavy atom. The van der Waals surface area contributed by atoms with Crippen molar-refractivity contribution < 1.29 is 59.7 Å². The minimum atomic E-state index is -4.93. The Labute approximate surface area is 381 Å². The normalized spacial score (nSPS) is 26.8. The molecule has 0 radical (unpaired) electrons. The Morgan fingerprint density at radius 3 is 2.42 bits per heavy atom. The summed E-state index contributed by atoms with van der Waals surface area (Å²) in [6.45, 7) is 8.50. The average Bonchev–Trinajstić information content (AvgIpc) is 4.17. The predicted molar refractivity (Wildman–Crippen MR) is 236 cm³/mol. The molecular weight excluding hydrogens is 886 g/mol. The van der Waals surface area contributed by atoms with E-state index >= 15 is 0 Å². The summed E-state index contributed by atoms with van der Waals surface area (Å²) in [7, 11) is -2.49. The zero-order valence-corrected chi connectivity index (χ0v) is 38.8. The molecule has 0 spiro atoms. The van der Waals surface area contributed by atoms with Gasteiger partial charge >= 0.3 is 12.3 Å². The number of rotatable bonds is 11. The first-order valence-electron chi connectivity index (χ1n) is 22.2. The molecule has 0 bridgehead atoms. The molecule has 4 heterocycles. The lowest BCUT2D eigenvalue weighted by Gasteiger charge is -2.34. The molecular formula is C46H57F3N6O10S. The zero-order valence-electron chi connectivity index (χ0n) is 37.9. The minimum absolute atomic E-state index is 0.0601. The van der Waals surface area contributed by atoms with E-state index in [0.717, 1.165) is 0 Å². The monoisotopic (exact) mass is 942 g/mol. The number of pyridine rings is 2. The van der Waals surface area contributed by atoms with Gasteiger partial charge in [-0.2, -0.15) is 13.2 Å². The molecule has 4 aliphatic rings. The number of hydrogen-bond donors (Lipinski definition) is 3. The summed E-state index contributed by atoms with van der Waals surface area (Å²) in [5, 5.41) is 5.73. The van der Waals surface area contributed by atoms with Gasteiger partial charge in [-0.05, 0) is 114 Å². The summed E-state index contributed by atoms with van der Waals surface area (Å²) < 4.78 is 92.5. The van der Waals surface area contributed by atoms with E-state index in [9.17, 15) is 40.8 Å². The smallest absolute Gasteiger partial charge is 0.427 e. The van der Waals surface area contributed by atoms with Gasteiger partial charge in [0.1, 0.15) is 29.5 Å². The first kappa shape index (κ1) is 48.3. The van der Waals surface area contributed by atoms with Gasteiger partial charge in [0, 0.05) is 35.6 Å². The highest BCUT2D eigenvalue weighted by molar-refractivity contribution is 7.91. The number of carbonyl (C=O) groups is 4. The Bertz CT molecular complexity index is 2480. The maximum atomic E-state index is 15.0. The summed E-state index contributed by atoms with van der Waals surface area (Å²) in [6, 6.07) is 7.74. The van der Waals surface area contributed by atoms with Gasteiger partial charge in [0.2, 0.25) is 39.2 Å². The van der Waals surface area contributed by atoms with E-state index in [0.29, 0.717) is 79.6 Å². The van der Waals surface area contributed by atoms with Crippen LogP contribution in [0.1, 0.15) is 86.5 Å². The lowest BCUT2D eigenvalue weighted by atomic mass is 9.88. The average molecular weight is 943 g/mol. The fraction of sp³-hybridized carbons (Fsp3) is 0.565. The van der Waals surface area contributed by atoms with E-state index in [-0.39, 0.29) is 37.3 Å². The standard InChI is InChI=1S/C46H57F3N6O10S/c1-25(2)63-37-17-12-28(23-50-37)35-20-29-19-31(62-7)13-16-34(29)40(51-35)64-32-21-36-39(56)53-45(42(58)54-66(60,61)33-14-15-33)22-30(45)11-9-8-10-26(3)18-27(4)38(41(57)55(36)24-32)52-43(59)65-44(5,6)46(47,48)49/h9,11-13,16-17,19-20,23,25-27,30,32-33,36,38H,8,10,14-15,18,21-22,24H2,1-7H3,(H,52,59)(H,53,56)(H,54,58)/b11-9-/t26-,27-,30-,32-,36+,38+,45-/m1/s1. The summed E-state index contributed by atoms with van der Waals surface area (Å²) >= 11 is 0. The second-order valence-corrected chi connectivity index (χ2v) is 20.7. The van der Waals surface area contributed by atoms with Crippen molar-refractivity contribution in [3.63, 3.8) is 0 Å².